The monoisotopic (exact) mass is 738 g/mol. The molecule has 0 radical (unpaired) electrons. The Morgan fingerprint density at radius 1 is 0.774 bits per heavy atom. The molecule has 11 heteroatoms. The van der Waals surface area contributed by atoms with Crippen LogP contribution < -0.4 is 26.6 Å². The van der Waals surface area contributed by atoms with Gasteiger partial charge < -0.3 is 31.4 Å². The SMILES string of the molecule is C=C/C=C(\C=C)C[C@@H]1NC(=O)CNC(=O)/C=C\C(=O)N[C@H](C=O)C(C)(C)CNC(=O)CNC1=O.CC.CC.CC1CCCCC1.Cc1ccc(C)cc1. The first kappa shape index (κ1) is 50.3. The molecule has 11 nitrogen and oxygen atoms in total. The zero-order valence-corrected chi connectivity index (χ0v) is 33.7. The number of nitrogens with one attached hydrogen (secondary N) is 5. The minimum atomic E-state index is -1.06. The molecule has 1 aliphatic heterocycles. The average molecular weight is 738 g/mol. The van der Waals surface area contributed by atoms with Gasteiger partial charge in [-0.2, -0.15) is 0 Å². The van der Waals surface area contributed by atoms with E-state index in [9.17, 15) is 28.8 Å². The molecule has 0 bridgehead atoms. The van der Waals surface area contributed by atoms with E-state index in [4.69, 9.17) is 0 Å². The number of allylic oxidation sites excluding steroid dienone is 3. The lowest BCUT2D eigenvalue weighted by Crippen LogP contribution is -2.53. The molecule has 296 valence electrons. The molecule has 53 heavy (non-hydrogen) atoms. The summed E-state index contributed by atoms with van der Waals surface area (Å²) in [5.74, 6) is -2.20. The molecule has 1 aromatic carbocycles. The fourth-order valence-corrected chi connectivity index (χ4v) is 4.79. The van der Waals surface area contributed by atoms with Crippen LogP contribution in [0.4, 0.5) is 0 Å². The van der Waals surface area contributed by atoms with Crippen molar-refractivity contribution in [2.24, 2.45) is 11.3 Å². The molecule has 2 aliphatic rings. The van der Waals surface area contributed by atoms with E-state index in [1.54, 1.807) is 19.9 Å². The van der Waals surface area contributed by atoms with Crippen LogP contribution in [0.3, 0.4) is 0 Å². The van der Waals surface area contributed by atoms with Crippen LogP contribution in [0.2, 0.25) is 0 Å². The Kier molecular flexibility index (Phi) is 28.2. The van der Waals surface area contributed by atoms with E-state index in [-0.39, 0.29) is 19.5 Å². The molecule has 1 saturated carbocycles. The van der Waals surface area contributed by atoms with Crippen LogP contribution in [0.15, 0.2) is 73.4 Å². The Morgan fingerprint density at radius 2 is 1.30 bits per heavy atom. The number of hydrogen-bond acceptors (Lipinski definition) is 6. The summed E-state index contributed by atoms with van der Waals surface area (Å²) in [7, 11) is 0. The third-order valence-electron chi connectivity index (χ3n) is 8.05. The van der Waals surface area contributed by atoms with Gasteiger partial charge in [-0.05, 0) is 25.3 Å². The largest absolute Gasteiger partial charge is 0.354 e. The zero-order valence-electron chi connectivity index (χ0n) is 33.7. The Labute approximate surface area is 319 Å². The molecule has 1 aliphatic carbocycles. The van der Waals surface area contributed by atoms with Crippen molar-refractivity contribution in [1.29, 1.82) is 0 Å². The number of hydrogen-bond donors (Lipinski definition) is 5. The van der Waals surface area contributed by atoms with E-state index >= 15 is 0 Å². The van der Waals surface area contributed by atoms with E-state index in [0.717, 1.165) is 18.1 Å². The van der Waals surface area contributed by atoms with Crippen molar-refractivity contribution < 1.29 is 28.8 Å². The summed E-state index contributed by atoms with van der Waals surface area (Å²) >= 11 is 0. The maximum atomic E-state index is 12.7. The fraction of sp³-hybridized carbons (Fsp3) is 0.524. The lowest BCUT2D eigenvalue weighted by molar-refractivity contribution is -0.130. The quantitative estimate of drug-likeness (QED) is 0.192. The van der Waals surface area contributed by atoms with Crippen LogP contribution in [0, 0.1) is 25.2 Å². The second kappa shape index (κ2) is 29.7. The standard InChI is InChI=1S/C23H31N5O6.C8H10.C7H14.2C2H6/c1-5-7-15(6-2)10-16-22(34)25-11-20(32)26-14-23(3,4)17(13-29)28-19(31)9-8-18(30)24-12-21(33)27-16;1-7-3-5-8(2)6-4-7;1-7-5-3-2-4-6-7;2*1-2/h5-9,13,16-17H,1-2,10-12,14H2,3-4H3,(H,24,30)(H,25,34)(H,26,32)(H,27,33)(H,28,31);3-6H,1-2H3;7H,2-6H2,1H3;2*1-2H3/b9-8-,15-7+;;;;/t16-,17+;;;;/m0..../s1. The van der Waals surface area contributed by atoms with Gasteiger partial charge in [0, 0.05) is 30.5 Å². The number of amides is 5. The van der Waals surface area contributed by atoms with Crippen molar-refractivity contribution in [3.63, 3.8) is 0 Å². The fourth-order valence-electron chi connectivity index (χ4n) is 4.79. The third-order valence-corrected chi connectivity index (χ3v) is 8.05. The van der Waals surface area contributed by atoms with Gasteiger partial charge >= 0.3 is 0 Å². The highest BCUT2D eigenvalue weighted by atomic mass is 16.2. The lowest BCUT2D eigenvalue weighted by Gasteiger charge is -2.31. The molecule has 2 atom stereocenters. The van der Waals surface area contributed by atoms with Gasteiger partial charge in [-0.1, -0.05) is 147 Å². The number of aryl methyl sites for hydroxylation is 2. The average Bonchev–Trinajstić information content (AvgIpc) is 3.16. The molecule has 0 spiro atoms. The van der Waals surface area contributed by atoms with Crippen LogP contribution in [0.1, 0.15) is 98.1 Å². The molecule has 5 amide bonds. The minimum absolute atomic E-state index is 0.0123. The first-order valence-corrected chi connectivity index (χ1v) is 18.7. The number of carbonyl (C=O) groups is 6. The maximum absolute atomic E-state index is 12.7. The van der Waals surface area contributed by atoms with E-state index < -0.39 is 53.6 Å². The van der Waals surface area contributed by atoms with Crippen LogP contribution >= 0.6 is 0 Å². The van der Waals surface area contributed by atoms with E-state index in [0.29, 0.717) is 11.9 Å². The van der Waals surface area contributed by atoms with Crippen molar-refractivity contribution in [2.45, 2.75) is 113 Å². The first-order chi connectivity index (χ1) is 25.2. The number of aldehydes is 1. The second-order valence-electron chi connectivity index (χ2n) is 13.1. The van der Waals surface area contributed by atoms with Gasteiger partial charge in [0.1, 0.15) is 12.3 Å². The summed E-state index contributed by atoms with van der Waals surface area (Å²) in [5.41, 5.74) is 2.40. The second-order valence-corrected chi connectivity index (χ2v) is 13.1. The van der Waals surface area contributed by atoms with Crippen LogP contribution in [0.25, 0.3) is 0 Å². The Balaban J connectivity index is 0. The summed E-state index contributed by atoms with van der Waals surface area (Å²) in [6.07, 6.45) is 14.5. The van der Waals surface area contributed by atoms with E-state index in [1.165, 1.54) is 55.4 Å². The number of benzene rings is 1. The van der Waals surface area contributed by atoms with Crippen molar-refractivity contribution in [2.75, 3.05) is 19.6 Å². The first-order valence-electron chi connectivity index (χ1n) is 18.7. The molecule has 1 heterocycles. The van der Waals surface area contributed by atoms with E-state index in [2.05, 4.69) is 84.8 Å². The summed E-state index contributed by atoms with van der Waals surface area (Å²) in [6.45, 7) is 24.3. The highest BCUT2D eigenvalue weighted by Crippen LogP contribution is 2.22. The molecule has 1 fully saturated rings. The van der Waals surface area contributed by atoms with Gasteiger partial charge in [-0.15, -0.1) is 0 Å². The van der Waals surface area contributed by atoms with Crippen LogP contribution in [-0.2, 0) is 28.8 Å². The highest BCUT2D eigenvalue weighted by molar-refractivity contribution is 5.99. The Hall–Kier alpha value is -4.80. The van der Waals surface area contributed by atoms with E-state index in [1.807, 2.05) is 27.7 Å². The molecule has 1 aromatic rings. The molecule has 0 aromatic heterocycles. The predicted octanol–water partition coefficient (Wildman–Crippen LogP) is 5.73. The summed E-state index contributed by atoms with van der Waals surface area (Å²) in [5, 5.41) is 12.3. The molecule has 0 unspecified atom stereocenters. The summed E-state index contributed by atoms with van der Waals surface area (Å²) in [4.78, 5) is 72.8. The highest BCUT2D eigenvalue weighted by Gasteiger charge is 2.31. The Morgan fingerprint density at radius 3 is 1.77 bits per heavy atom. The molecular formula is C42H67N5O6. The van der Waals surface area contributed by atoms with Gasteiger partial charge in [-0.3, -0.25) is 24.0 Å². The Bertz CT molecular complexity index is 1320. The lowest BCUT2D eigenvalue weighted by atomic mass is 9.85. The number of carbonyl (C=O) groups excluding carboxylic acids is 6. The molecular weight excluding hydrogens is 670 g/mol. The topological polar surface area (TPSA) is 163 Å². The maximum Gasteiger partial charge on any atom is 0.244 e. The van der Waals surface area contributed by atoms with Gasteiger partial charge in [0.2, 0.25) is 29.5 Å². The van der Waals surface area contributed by atoms with Gasteiger partial charge in [-0.25, -0.2) is 0 Å². The van der Waals surface area contributed by atoms with Crippen molar-refractivity contribution in [3.8, 4) is 0 Å². The molecule has 3 rings (SSSR count). The van der Waals surface area contributed by atoms with Crippen molar-refractivity contribution in [3.05, 3.63) is 84.5 Å². The van der Waals surface area contributed by atoms with Crippen molar-refractivity contribution >= 4 is 35.8 Å². The predicted molar refractivity (Wildman–Crippen MR) is 216 cm³/mol. The summed E-state index contributed by atoms with van der Waals surface area (Å²) in [6, 6.07) is 6.46. The van der Waals surface area contributed by atoms with Crippen LogP contribution in [-0.4, -0.2) is 67.5 Å². The van der Waals surface area contributed by atoms with Gasteiger partial charge in [0.25, 0.3) is 0 Å². The molecule has 0 saturated heterocycles. The van der Waals surface area contributed by atoms with Gasteiger partial charge in [0.15, 0.2) is 0 Å². The normalized spacial score (nSPS) is 20.4. The van der Waals surface area contributed by atoms with Gasteiger partial charge in [0.05, 0.1) is 19.1 Å². The third kappa shape index (κ3) is 24.1. The number of rotatable bonds is 5. The minimum Gasteiger partial charge on any atom is -0.354 e. The van der Waals surface area contributed by atoms with Crippen molar-refractivity contribution in [1.82, 2.24) is 26.6 Å². The smallest absolute Gasteiger partial charge is 0.244 e. The van der Waals surface area contributed by atoms with Crippen LogP contribution in [0.5, 0.6) is 0 Å². The zero-order chi connectivity index (χ0) is 40.8. The molecule has 5 N–H and O–H groups in total. The summed E-state index contributed by atoms with van der Waals surface area (Å²) < 4.78 is 0.